The minimum atomic E-state index is -2.06. The first-order valence-corrected chi connectivity index (χ1v) is 35.8. The van der Waals surface area contributed by atoms with Crippen LogP contribution in [0.2, 0.25) is 0 Å². The molecule has 3 aliphatic heterocycles. The monoisotopic (exact) mass is 1460 g/mol. The number of carbonyl (C=O) groups excluding carboxylic acids is 8. The Morgan fingerprint density at radius 2 is 1.35 bits per heavy atom. The Morgan fingerprint density at radius 1 is 0.731 bits per heavy atom. The van der Waals surface area contributed by atoms with E-state index in [-0.39, 0.29) is 105 Å². The number of nitrogens with two attached hydrogens (primary N) is 1. The van der Waals surface area contributed by atoms with Crippen molar-refractivity contribution in [3.05, 3.63) is 80.9 Å². The van der Waals surface area contributed by atoms with Gasteiger partial charge in [-0.3, -0.25) is 38.5 Å². The summed E-state index contributed by atoms with van der Waals surface area (Å²) < 4.78 is 69.9. The van der Waals surface area contributed by atoms with Gasteiger partial charge in [0.2, 0.25) is 29.2 Å². The van der Waals surface area contributed by atoms with Crippen LogP contribution in [0.4, 0.5) is 4.79 Å². The normalized spacial score (nSPS) is 17.4. The molecule has 0 radical (unpaired) electrons. The zero-order valence-corrected chi connectivity index (χ0v) is 60.0. The number of carbonyl (C=O) groups is 8. The lowest BCUT2D eigenvalue weighted by Gasteiger charge is -2.35. The van der Waals surface area contributed by atoms with Crippen molar-refractivity contribution >= 4 is 58.5 Å². The number of hydrogen-bond donors (Lipinski definition) is 6. The molecule has 3 atom stereocenters. The SMILES string of the molecule is CCc1c2c(nc3ccc(O)cc13)-c1cc3c(c(=O)n1C2)COC(=O)[C@@]3(CC)OC(=O)OCC(NC(=O)C(CCCCN)NC(=O)COCC(=O)NCCOCCOCCOCCOCCOCCOCCOCCOCCn1cc(CNC(=O)C2CCC(CN3C(=O)C=CC3=O)CC2)nn1)C(C)C. The van der Waals surface area contributed by atoms with Gasteiger partial charge in [-0.2, -0.15) is 0 Å². The van der Waals surface area contributed by atoms with Crippen LogP contribution in [0.15, 0.2) is 47.4 Å². The van der Waals surface area contributed by atoms with Gasteiger partial charge in [0.1, 0.15) is 43.9 Å². The number of unbranched alkanes of at least 4 members (excludes halogenated alkanes) is 1. The summed E-state index contributed by atoms with van der Waals surface area (Å²) in [6, 6.07) is 4.68. The topological polar surface area (TPSA) is 411 Å². The molecule has 1 aromatic carbocycles. The number of nitrogens with one attached hydrogen (secondary N) is 4. The number of pyridine rings is 2. The lowest BCUT2D eigenvalue weighted by atomic mass is 9.81. The number of ether oxygens (including phenoxy) is 12. The van der Waals surface area contributed by atoms with Crippen LogP contribution in [0.1, 0.15) is 107 Å². The molecule has 2 unspecified atom stereocenters. The van der Waals surface area contributed by atoms with E-state index in [0.717, 1.165) is 29.4 Å². The van der Waals surface area contributed by atoms with Crippen LogP contribution >= 0.6 is 0 Å². The van der Waals surface area contributed by atoms with Gasteiger partial charge in [0, 0.05) is 47.7 Å². The molecule has 6 heterocycles. The molecule has 0 bridgehead atoms. The molecule has 572 valence electrons. The fraction of sp³-hybridized carbons (Fsp3) is 0.634. The van der Waals surface area contributed by atoms with Crippen LogP contribution in [0, 0.1) is 17.8 Å². The highest BCUT2D eigenvalue weighted by molar-refractivity contribution is 6.12. The predicted octanol–water partition coefficient (Wildman–Crippen LogP) is 2.17. The molecule has 33 heteroatoms. The molecule has 4 aliphatic rings. The van der Waals surface area contributed by atoms with Crippen molar-refractivity contribution in [3.63, 3.8) is 0 Å². The molecule has 8 rings (SSSR count). The molecule has 7 N–H and O–H groups in total. The molecule has 3 aromatic heterocycles. The summed E-state index contributed by atoms with van der Waals surface area (Å²) in [5.74, 6) is -3.29. The second-order valence-electron chi connectivity index (χ2n) is 25.7. The molecular weight excluding hydrogens is 1360 g/mol. The van der Waals surface area contributed by atoms with E-state index in [0.29, 0.717) is 167 Å². The number of benzene rings is 1. The number of phenolic OH excluding ortho intramolecular Hbond substituents is 1. The van der Waals surface area contributed by atoms with Crippen LogP contribution in [-0.4, -0.2) is 239 Å². The first-order valence-electron chi connectivity index (χ1n) is 35.8. The number of hydrogen-bond acceptors (Lipinski definition) is 26. The summed E-state index contributed by atoms with van der Waals surface area (Å²) in [6.45, 7) is 13.4. The third-order valence-electron chi connectivity index (χ3n) is 18.2. The van der Waals surface area contributed by atoms with Crippen LogP contribution in [0.25, 0.3) is 22.3 Å². The molecule has 0 spiro atoms. The number of rotatable bonds is 49. The van der Waals surface area contributed by atoms with Gasteiger partial charge < -0.3 is 93.5 Å². The van der Waals surface area contributed by atoms with Crippen molar-refractivity contribution in [1.29, 1.82) is 0 Å². The van der Waals surface area contributed by atoms with E-state index < -0.39 is 72.9 Å². The number of amides is 6. The van der Waals surface area contributed by atoms with E-state index in [9.17, 15) is 48.3 Å². The van der Waals surface area contributed by atoms with E-state index in [1.54, 1.807) is 54.4 Å². The molecule has 4 aromatic rings. The molecule has 1 aliphatic carbocycles. The van der Waals surface area contributed by atoms with Crippen molar-refractivity contribution in [2.75, 3.05) is 145 Å². The van der Waals surface area contributed by atoms with Gasteiger partial charge in [0.25, 0.3) is 17.4 Å². The highest BCUT2D eigenvalue weighted by Crippen LogP contribution is 2.43. The third-order valence-corrected chi connectivity index (χ3v) is 18.2. The average molecular weight is 1460 g/mol. The number of aryl methyl sites for hydroxylation is 1. The van der Waals surface area contributed by atoms with Gasteiger partial charge in [-0.25, -0.2) is 19.3 Å². The van der Waals surface area contributed by atoms with Gasteiger partial charge >= 0.3 is 12.1 Å². The maximum atomic E-state index is 14.2. The van der Waals surface area contributed by atoms with Gasteiger partial charge in [0.05, 0.1) is 160 Å². The van der Waals surface area contributed by atoms with E-state index in [1.165, 1.54) is 23.1 Å². The van der Waals surface area contributed by atoms with Crippen molar-refractivity contribution in [2.24, 2.45) is 23.5 Å². The Kier molecular flexibility index (Phi) is 33.3. The van der Waals surface area contributed by atoms with Crippen molar-refractivity contribution in [2.45, 2.75) is 129 Å². The standard InChI is InChI=1S/C71H101N11O22/c1-5-52-53-37-51(83)14-15-57(53)76-65-54(52)42-81-60(65)38-56-55(68(81)90)43-102-69(91)71(56,6-2)104-70(92)103-44-59(47(3)4)77-67(89)58(9-7-8-18-72)75-62(85)46-101-45-61(84)73-19-21-93-23-25-95-27-29-97-31-33-99-35-36-100-34-32-98-30-28-96-26-24-94-22-20-80-41-50(78-79-80)39-74-66(88)49-12-10-48(11-13-49)40-82-63(86)16-17-64(82)87/h14-17,37-38,41,47-49,58-59,83H,5-13,18-36,39-40,42-46,72H2,1-4H3,(H,73,84)(H,74,88)(H,75,85)(H,77,89)/t48?,49?,58?,59?,71-/m0/s1. The maximum Gasteiger partial charge on any atom is 0.509 e. The lowest BCUT2D eigenvalue weighted by Crippen LogP contribution is -2.53. The van der Waals surface area contributed by atoms with Gasteiger partial charge in [-0.05, 0) is 106 Å². The van der Waals surface area contributed by atoms with Crippen LogP contribution < -0.4 is 32.6 Å². The second-order valence-corrected chi connectivity index (χ2v) is 25.7. The summed E-state index contributed by atoms with van der Waals surface area (Å²) in [6.07, 6.45) is 7.85. The van der Waals surface area contributed by atoms with E-state index in [2.05, 4.69) is 31.6 Å². The van der Waals surface area contributed by atoms with E-state index in [1.807, 2.05) is 6.92 Å². The summed E-state index contributed by atoms with van der Waals surface area (Å²) in [5, 5.41) is 30.4. The van der Waals surface area contributed by atoms with E-state index >= 15 is 0 Å². The fourth-order valence-electron chi connectivity index (χ4n) is 12.4. The number of esters is 1. The number of aromatic hydroxyl groups is 1. The molecule has 6 amide bonds. The number of imide groups is 1. The summed E-state index contributed by atoms with van der Waals surface area (Å²) in [7, 11) is 0. The number of phenols is 1. The Hall–Kier alpha value is -8.38. The number of cyclic esters (lactones) is 1. The summed E-state index contributed by atoms with van der Waals surface area (Å²) >= 11 is 0. The number of nitrogens with zero attached hydrogens (tertiary/aromatic N) is 6. The molecule has 1 saturated carbocycles. The Bertz CT molecular complexity index is 3580. The Balaban J connectivity index is 0.582. The van der Waals surface area contributed by atoms with Crippen LogP contribution in [-0.2, 0) is 129 Å². The Morgan fingerprint density at radius 3 is 1.95 bits per heavy atom. The minimum Gasteiger partial charge on any atom is -0.508 e. The van der Waals surface area contributed by atoms with Gasteiger partial charge in [-0.15, -0.1) is 5.10 Å². The van der Waals surface area contributed by atoms with Gasteiger partial charge in [0.15, 0.2) is 0 Å². The number of fused-ring (bicyclic) bond motifs is 5. The van der Waals surface area contributed by atoms with Crippen molar-refractivity contribution in [1.82, 2.24) is 50.7 Å². The third kappa shape index (κ3) is 24.1. The molecule has 33 nitrogen and oxygen atoms in total. The lowest BCUT2D eigenvalue weighted by molar-refractivity contribution is -0.175. The smallest absolute Gasteiger partial charge is 0.508 e. The molecule has 104 heavy (non-hydrogen) atoms. The van der Waals surface area contributed by atoms with Crippen molar-refractivity contribution in [3.8, 4) is 17.1 Å². The zero-order chi connectivity index (χ0) is 74.2. The first kappa shape index (κ1) is 81.3. The predicted molar refractivity (Wildman–Crippen MR) is 371 cm³/mol. The minimum absolute atomic E-state index is 0.0286. The summed E-state index contributed by atoms with van der Waals surface area (Å²) in [5.41, 5.74) is 7.46. The molecular formula is C71H101N11O22. The molecule has 1 fully saturated rings. The zero-order valence-electron chi connectivity index (χ0n) is 60.0. The highest BCUT2D eigenvalue weighted by Gasteiger charge is 2.51. The average Bonchev–Trinajstić information content (AvgIpc) is 1.39. The largest absolute Gasteiger partial charge is 0.509 e. The fourth-order valence-corrected chi connectivity index (χ4v) is 12.4. The first-order chi connectivity index (χ1) is 50.4. The quantitative estimate of drug-likeness (QED) is 0.0185. The van der Waals surface area contributed by atoms with Gasteiger partial charge in [-0.1, -0.05) is 32.9 Å². The van der Waals surface area contributed by atoms with E-state index in [4.69, 9.17) is 67.6 Å². The van der Waals surface area contributed by atoms with Crippen LogP contribution in [0.3, 0.4) is 0 Å². The highest BCUT2D eigenvalue weighted by atomic mass is 16.7. The summed E-state index contributed by atoms with van der Waals surface area (Å²) in [4.78, 5) is 124. The van der Waals surface area contributed by atoms with Crippen molar-refractivity contribution < 1.29 is 100 Å². The van der Waals surface area contributed by atoms with Crippen LogP contribution in [0.5, 0.6) is 5.75 Å². The second kappa shape index (κ2) is 42.5. The number of aromatic nitrogens is 5. The molecule has 0 saturated heterocycles. The Labute approximate surface area is 603 Å². The maximum absolute atomic E-state index is 14.2.